The first kappa shape index (κ1) is 17.1. The molecule has 0 fully saturated rings. The van der Waals surface area contributed by atoms with Gasteiger partial charge in [0.05, 0.1) is 4.90 Å². The van der Waals surface area contributed by atoms with Crippen LogP contribution in [0.1, 0.15) is 57.6 Å². The average Bonchev–Trinajstić information content (AvgIpc) is 2.41. The highest BCUT2D eigenvalue weighted by Gasteiger charge is 2.09. The summed E-state index contributed by atoms with van der Waals surface area (Å²) in [5.41, 5.74) is 1.07. The van der Waals surface area contributed by atoms with Gasteiger partial charge >= 0.3 is 0 Å². The van der Waals surface area contributed by atoms with Gasteiger partial charge in [-0.05, 0) is 37.6 Å². The highest BCUT2D eigenvalue weighted by Crippen LogP contribution is 2.15. The van der Waals surface area contributed by atoms with Crippen LogP contribution < -0.4 is 10.5 Å². The minimum absolute atomic E-state index is 0.160. The number of primary sulfonamides is 1. The van der Waals surface area contributed by atoms with Gasteiger partial charge < -0.3 is 5.32 Å². The minimum atomic E-state index is -3.60. The Labute approximate surface area is 122 Å². The zero-order valence-corrected chi connectivity index (χ0v) is 13.2. The predicted molar refractivity (Wildman–Crippen MR) is 83.0 cm³/mol. The SMILES string of the molecule is CCCCCCCNC(C)c1ccc(S(N)(=O)=O)cc1. The van der Waals surface area contributed by atoms with Gasteiger partial charge in [-0.3, -0.25) is 0 Å². The standard InChI is InChI=1S/C15H26N2O2S/c1-3-4-5-6-7-12-17-13(2)14-8-10-15(11-9-14)20(16,18)19/h8-11,13,17H,3-7,12H2,1-2H3,(H2,16,18,19). The number of nitrogens with one attached hydrogen (secondary N) is 1. The van der Waals surface area contributed by atoms with Crippen LogP contribution in [-0.4, -0.2) is 15.0 Å². The van der Waals surface area contributed by atoms with Crippen LogP contribution >= 0.6 is 0 Å². The van der Waals surface area contributed by atoms with Gasteiger partial charge in [0.2, 0.25) is 10.0 Å². The molecule has 20 heavy (non-hydrogen) atoms. The van der Waals surface area contributed by atoms with Crippen LogP contribution in [0.4, 0.5) is 0 Å². The summed E-state index contributed by atoms with van der Waals surface area (Å²) in [6.45, 7) is 5.28. The van der Waals surface area contributed by atoms with Crippen molar-refractivity contribution in [3.63, 3.8) is 0 Å². The van der Waals surface area contributed by atoms with E-state index in [1.165, 1.54) is 32.1 Å². The Morgan fingerprint density at radius 2 is 1.70 bits per heavy atom. The first-order valence-electron chi connectivity index (χ1n) is 7.31. The number of hydrogen-bond donors (Lipinski definition) is 2. The highest BCUT2D eigenvalue weighted by molar-refractivity contribution is 7.89. The molecule has 0 bridgehead atoms. The van der Waals surface area contributed by atoms with Crippen molar-refractivity contribution in [1.29, 1.82) is 0 Å². The minimum Gasteiger partial charge on any atom is -0.310 e. The fourth-order valence-electron chi connectivity index (χ4n) is 2.11. The van der Waals surface area contributed by atoms with E-state index in [0.29, 0.717) is 0 Å². The van der Waals surface area contributed by atoms with E-state index in [1.54, 1.807) is 12.1 Å². The van der Waals surface area contributed by atoms with Crippen molar-refractivity contribution in [2.24, 2.45) is 5.14 Å². The molecule has 0 saturated heterocycles. The van der Waals surface area contributed by atoms with Crippen molar-refractivity contribution in [2.45, 2.75) is 56.9 Å². The van der Waals surface area contributed by atoms with Gasteiger partial charge in [-0.1, -0.05) is 44.7 Å². The lowest BCUT2D eigenvalue weighted by molar-refractivity contribution is 0.531. The molecule has 0 aliphatic rings. The first-order chi connectivity index (χ1) is 9.45. The second-order valence-corrected chi connectivity index (χ2v) is 6.77. The van der Waals surface area contributed by atoms with E-state index in [4.69, 9.17) is 5.14 Å². The molecule has 0 aliphatic carbocycles. The smallest absolute Gasteiger partial charge is 0.238 e. The molecule has 1 aromatic carbocycles. The van der Waals surface area contributed by atoms with Gasteiger partial charge in [-0.25, -0.2) is 13.6 Å². The van der Waals surface area contributed by atoms with Crippen LogP contribution in [0, 0.1) is 0 Å². The van der Waals surface area contributed by atoms with Crippen LogP contribution in [0.25, 0.3) is 0 Å². The normalized spacial score (nSPS) is 13.3. The number of hydrogen-bond acceptors (Lipinski definition) is 3. The molecule has 1 atom stereocenters. The van der Waals surface area contributed by atoms with Crippen molar-refractivity contribution in [3.8, 4) is 0 Å². The van der Waals surface area contributed by atoms with Crippen LogP contribution in [0.15, 0.2) is 29.2 Å². The van der Waals surface area contributed by atoms with Crippen LogP contribution in [-0.2, 0) is 10.0 Å². The molecule has 3 N–H and O–H groups in total. The van der Waals surface area contributed by atoms with Crippen molar-refractivity contribution in [1.82, 2.24) is 5.32 Å². The average molecular weight is 298 g/mol. The Hall–Kier alpha value is -0.910. The van der Waals surface area contributed by atoms with Gasteiger partial charge in [0.15, 0.2) is 0 Å². The van der Waals surface area contributed by atoms with E-state index in [2.05, 4.69) is 19.2 Å². The Kier molecular flexibility index (Phi) is 7.19. The Morgan fingerprint density at radius 1 is 1.10 bits per heavy atom. The molecule has 1 rings (SSSR count). The lowest BCUT2D eigenvalue weighted by Gasteiger charge is -2.14. The second kappa shape index (κ2) is 8.39. The molecule has 1 aromatic rings. The van der Waals surface area contributed by atoms with E-state index < -0.39 is 10.0 Å². The highest BCUT2D eigenvalue weighted by atomic mass is 32.2. The third kappa shape index (κ3) is 6.03. The number of benzene rings is 1. The topological polar surface area (TPSA) is 72.2 Å². The zero-order valence-electron chi connectivity index (χ0n) is 12.4. The number of nitrogens with two attached hydrogens (primary N) is 1. The summed E-state index contributed by atoms with van der Waals surface area (Å²) < 4.78 is 22.3. The molecule has 0 amide bonds. The maximum atomic E-state index is 11.2. The largest absolute Gasteiger partial charge is 0.310 e. The van der Waals surface area contributed by atoms with Crippen molar-refractivity contribution >= 4 is 10.0 Å². The Morgan fingerprint density at radius 3 is 2.25 bits per heavy atom. The molecule has 0 radical (unpaired) electrons. The first-order valence-corrected chi connectivity index (χ1v) is 8.86. The van der Waals surface area contributed by atoms with Crippen molar-refractivity contribution < 1.29 is 8.42 Å². The Bertz CT molecular complexity index is 483. The quantitative estimate of drug-likeness (QED) is 0.688. The molecular weight excluding hydrogens is 272 g/mol. The van der Waals surface area contributed by atoms with Crippen molar-refractivity contribution in [3.05, 3.63) is 29.8 Å². The second-order valence-electron chi connectivity index (χ2n) is 5.20. The van der Waals surface area contributed by atoms with Crippen LogP contribution in [0.3, 0.4) is 0 Å². The summed E-state index contributed by atoms with van der Waals surface area (Å²) >= 11 is 0. The lowest BCUT2D eigenvalue weighted by atomic mass is 10.1. The maximum absolute atomic E-state index is 11.2. The third-order valence-corrected chi connectivity index (χ3v) is 4.37. The van der Waals surface area contributed by atoms with E-state index in [1.807, 2.05) is 12.1 Å². The molecule has 5 heteroatoms. The zero-order chi connectivity index (χ0) is 15.0. The van der Waals surface area contributed by atoms with E-state index in [9.17, 15) is 8.42 Å². The van der Waals surface area contributed by atoms with E-state index in [0.717, 1.165) is 12.1 Å². The van der Waals surface area contributed by atoms with Gasteiger partial charge in [-0.2, -0.15) is 0 Å². The molecule has 1 unspecified atom stereocenters. The van der Waals surface area contributed by atoms with E-state index in [-0.39, 0.29) is 10.9 Å². The third-order valence-electron chi connectivity index (χ3n) is 3.44. The summed E-state index contributed by atoms with van der Waals surface area (Å²) in [7, 11) is -3.60. The number of unbranched alkanes of at least 4 members (excludes halogenated alkanes) is 4. The number of rotatable bonds is 9. The molecular formula is C15H26N2O2S. The van der Waals surface area contributed by atoms with Crippen LogP contribution in [0.5, 0.6) is 0 Å². The predicted octanol–water partition coefficient (Wildman–Crippen LogP) is 2.96. The summed E-state index contributed by atoms with van der Waals surface area (Å²) in [5, 5.41) is 8.53. The van der Waals surface area contributed by atoms with Gasteiger partial charge in [0, 0.05) is 6.04 Å². The number of sulfonamides is 1. The molecule has 0 heterocycles. The monoisotopic (exact) mass is 298 g/mol. The van der Waals surface area contributed by atoms with Gasteiger partial charge in [-0.15, -0.1) is 0 Å². The van der Waals surface area contributed by atoms with Crippen molar-refractivity contribution in [2.75, 3.05) is 6.54 Å². The molecule has 0 saturated carbocycles. The molecule has 0 aromatic heterocycles. The lowest BCUT2D eigenvalue weighted by Crippen LogP contribution is -2.20. The molecule has 114 valence electrons. The van der Waals surface area contributed by atoms with Gasteiger partial charge in [0.1, 0.15) is 0 Å². The maximum Gasteiger partial charge on any atom is 0.238 e. The fourth-order valence-corrected chi connectivity index (χ4v) is 2.63. The molecule has 0 aliphatic heterocycles. The van der Waals surface area contributed by atoms with E-state index >= 15 is 0 Å². The summed E-state index contributed by atoms with van der Waals surface area (Å²) in [4.78, 5) is 0.160. The molecule has 4 nitrogen and oxygen atoms in total. The molecule has 0 spiro atoms. The Balaban J connectivity index is 2.38. The summed E-state index contributed by atoms with van der Waals surface area (Å²) in [6.07, 6.45) is 6.32. The van der Waals surface area contributed by atoms with Gasteiger partial charge in [0.25, 0.3) is 0 Å². The summed E-state index contributed by atoms with van der Waals surface area (Å²) in [6, 6.07) is 6.97. The summed E-state index contributed by atoms with van der Waals surface area (Å²) in [5.74, 6) is 0. The fraction of sp³-hybridized carbons (Fsp3) is 0.600. The van der Waals surface area contributed by atoms with Crippen LogP contribution in [0.2, 0.25) is 0 Å².